The SMILES string of the molecule is CCC(C)(C)Oc1cc(C(=O)O)ccn1. The summed E-state index contributed by atoms with van der Waals surface area (Å²) in [6.07, 6.45) is 2.26. The molecule has 0 fully saturated rings. The van der Waals surface area contributed by atoms with Gasteiger partial charge in [-0.05, 0) is 26.3 Å². The van der Waals surface area contributed by atoms with E-state index in [9.17, 15) is 4.79 Å². The third-order valence-corrected chi connectivity index (χ3v) is 2.21. The van der Waals surface area contributed by atoms with Gasteiger partial charge in [0.1, 0.15) is 5.60 Å². The van der Waals surface area contributed by atoms with Gasteiger partial charge in [-0.1, -0.05) is 6.92 Å². The Hall–Kier alpha value is -1.58. The number of carboxylic acid groups (broad SMARTS) is 1. The zero-order valence-electron chi connectivity index (χ0n) is 9.15. The summed E-state index contributed by atoms with van der Waals surface area (Å²) in [4.78, 5) is 14.7. The molecule has 0 spiro atoms. The molecule has 0 aromatic carbocycles. The number of rotatable bonds is 4. The Balaban J connectivity index is 2.87. The average Bonchev–Trinajstić information content (AvgIpc) is 2.17. The highest BCUT2D eigenvalue weighted by Crippen LogP contribution is 2.19. The van der Waals surface area contributed by atoms with Crippen molar-refractivity contribution in [2.75, 3.05) is 0 Å². The maximum absolute atomic E-state index is 10.7. The van der Waals surface area contributed by atoms with Crippen LogP contribution in [0.3, 0.4) is 0 Å². The van der Waals surface area contributed by atoms with Crippen molar-refractivity contribution in [2.24, 2.45) is 0 Å². The lowest BCUT2D eigenvalue weighted by atomic mass is 10.1. The number of nitrogens with zero attached hydrogens (tertiary/aromatic N) is 1. The topological polar surface area (TPSA) is 59.4 Å². The zero-order valence-corrected chi connectivity index (χ0v) is 9.15. The minimum absolute atomic E-state index is 0.187. The largest absolute Gasteiger partial charge is 0.478 e. The molecule has 0 atom stereocenters. The summed E-state index contributed by atoms with van der Waals surface area (Å²) in [6, 6.07) is 2.87. The van der Waals surface area contributed by atoms with Crippen molar-refractivity contribution in [3.05, 3.63) is 23.9 Å². The van der Waals surface area contributed by atoms with E-state index in [2.05, 4.69) is 4.98 Å². The zero-order chi connectivity index (χ0) is 11.5. The summed E-state index contributed by atoms with van der Waals surface area (Å²) >= 11 is 0. The quantitative estimate of drug-likeness (QED) is 0.826. The molecule has 0 saturated carbocycles. The van der Waals surface area contributed by atoms with Gasteiger partial charge < -0.3 is 9.84 Å². The Labute approximate surface area is 88.9 Å². The van der Waals surface area contributed by atoms with E-state index in [-0.39, 0.29) is 11.2 Å². The fraction of sp³-hybridized carbons (Fsp3) is 0.455. The second-order valence-corrected chi connectivity index (χ2v) is 3.90. The van der Waals surface area contributed by atoms with Crippen LogP contribution in [0.15, 0.2) is 18.3 Å². The first-order chi connectivity index (χ1) is 6.94. The molecule has 4 nitrogen and oxygen atoms in total. The molecule has 0 bridgehead atoms. The van der Waals surface area contributed by atoms with Crippen molar-refractivity contribution in [2.45, 2.75) is 32.8 Å². The molecule has 1 heterocycles. The molecule has 0 unspecified atom stereocenters. The Morgan fingerprint density at radius 1 is 1.60 bits per heavy atom. The van der Waals surface area contributed by atoms with Gasteiger partial charge in [0.25, 0.3) is 0 Å². The van der Waals surface area contributed by atoms with Gasteiger partial charge in [0.05, 0.1) is 5.56 Å². The molecule has 0 aliphatic carbocycles. The van der Waals surface area contributed by atoms with E-state index in [1.54, 1.807) is 0 Å². The minimum Gasteiger partial charge on any atom is -0.478 e. The van der Waals surface area contributed by atoms with Crippen LogP contribution in [-0.2, 0) is 0 Å². The molecule has 0 aliphatic heterocycles. The molecule has 0 radical (unpaired) electrons. The highest BCUT2D eigenvalue weighted by molar-refractivity contribution is 5.87. The normalized spacial score (nSPS) is 11.1. The van der Waals surface area contributed by atoms with Crippen LogP contribution < -0.4 is 4.74 Å². The van der Waals surface area contributed by atoms with E-state index in [0.717, 1.165) is 6.42 Å². The number of ether oxygens (including phenoxy) is 1. The molecular formula is C11H15NO3. The second-order valence-electron chi connectivity index (χ2n) is 3.90. The van der Waals surface area contributed by atoms with Gasteiger partial charge in [0.15, 0.2) is 0 Å². The van der Waals surface area contributed by atoms with Crippen LogP contribution in [0, 0.1) is 0 Å². The predicted molar refractivity (Wildman–Crippen MR) is 56.2 cm³/mol. The molecule has 1 rings (SSSR count). The van der Waals surface area contributed by atoms with Crippen molar-refractivity contribution in [1.82, 2.24) is 4.98 Å². The Morgan fingerprint density at radius 2 is 2.27 bits per heavy atom. The second kappa shape index (κ2) is 4.29. The Kier molecular flexibility index (Phi) is 3.29. The summed E-state index contributed by atoms with van der Waals surface area (Å²) in [5, 5.41) is 8.78. The summed E-state index contributed by atoms with van der Waals surface area (Å²) in [6.45, 7) is 5.87. The van der Waals surface area contributed by atoms with Crippen LogP contribution in [0.1, 0.15) is 37.6 Å². The van der Waals surface area contributed by atoms with Crippen LogP contribution in [0.2, 0.25) is 0 Å². The molecule has 1 aromatic heterocycles. The van der Waals surface area contributed by atoms with Gasteiger partial charge in [-0.15, -0.1) is 0 Å². The lowest BCUT2D eigenvalue weighted by molar-refractivity contribution is 0.0691. The first-order valence-corrected chi connectivity index (χ1v) is 4.83. The predicted octanol–water partition coefficient (Wildman–Crippen LogP) is 2.35. The fourth-order valence-electron chi connectivity index (χ4n) is 0.954. The van der Waals surface area contributed by atoms with Crippen LogP contribution in [0.5, 0.6) is 5.88 Å². The van der Waals surface area contributed by atoms with E-state index < -0.39 is 5.97 Å². The van der Waals surface area contributed by atoms with Crippen molar-refractivity contribution in [3.63, 3.8) is 0 Å². The molecule has 0 amide bonds. The summed E-state index contributed by atoms with van der Waals surface area (Å²) < 4.78 is 5.57. The number of aromatic nitrogens is 1. The molecule has 1 N–H and O–H groups in total. The number of hydrogen-bond donors (Lipinski definition) is 1. The lowest BCUT2D eigenvalue weighted by Crippen LogP contribution is -2.27. The minimum atomic E-state index is -0.975. The number of pyridine rings is 1. The van der Waals surface area contributed by atoms with Gasteiger partial charge in [-0.2, -0.15) is 0 Å². The number of carbonyl (C=O) groups is 1. The van der Waals surface area contributed by atoms with E-state index in [1.807, 2.05) is 20.8 Å². The third kappa shape index (κ3) is 3.23. The average molecular weight is 209 g/mol. The molecule has 82 valence electrons. The molecular weight excluding hydrogens is 194 g/mol. The van der Waals surface area contributed by atoms with Gasteiger partial charge in [-0.3, -0.25) is 0 Å². The van der Waals surface area contributed by atoms with Crippen molar-refractivity contribution in [1.29, 1.82) is 0 Å². The first-order valence-electron chi connectivity index (χ1n) is 4.83. The third-order valence-electron chi connectivity index (χ3n) is 2.21. The van der Waals surface area contributed by atoms with Crippen molar-refractivity contribution in [3.8, 4) is 5.88 Å². The maximum atomic E-state index is 10.7. The van der Waals surface area contributed by atoms with Gasteiger partial charge >= 0.3 is 5.97 Å². The Bertz CT molecular complexity index is 361. The van der Waals surface area contributed by atoms with Gasteiger partial charge in [0, 0.05) is 12.3 Å². The fourth-order valence-corrected chi connectivity index (χ4v) is 0.954. The number of hydrogen-bond acceptors (Lipinski definition) is 3. The van der Waals surface area contributed by atoms with E-state index >= 15 is 0 Å². The summed E-state index contributed by atoms with van der Waals surface area (Å²) in [5.41, 5.74) is -0.142. The molecule has 15 heavy (non-hydrogen) atoms. The van der Waals surface area contributed by atoms with E-state index in [1.165, 1.54) is 18.3 Å². The van der Waals surface area contributed by atoms with Crippen LogP contribution >= 0.6 is 0 Å². The van der Waals surface area contributed by atoms with E-state index in [0.29, 0.717) is 5.88 Å². The maximum Gasteiger partial charge on any atom is 0.335 e. The molecule has 0 aliphatic rings. The lowest BCUT2D eigenvalue weighted by Gasteiger charge is -2.23. The first kappa shape index (κ1) is 11.5. The van der Waals surface area contributed by atoms with Crippen LogP contribution in [-0.4, -0.2) is 21.7 Å². The smallest absolute Gasteiger partial charge is 0.335 e. The molecule has 1 aromatic rings. The molecule has 0 saturated heterocycles. The highest BCUT2D eigenvalue weighted by Gasteiger charge is 2.18. The number of carboxylic acids is 1. The number of aromatic carboxylic acids is 1. The highest BCUT2D eigenvalue weighted by atomic mass is 16.5. The van der Waals surface area contributed by atoms with Crippen LogP contribution in [0.4, 0.5) is 0 Å². The van der Waals surface area contributed by atoms with E-state index in [4.69, 9.17) is 9.84 Å². The standard InChI is InChI=1S/C11H15NO3/c1-4-11(2,3)15-9-7-8(10(13)14)5-6-12-9/h5-7H,4H2,1-3H3,(H,13,14). The van der Waals surface area contributed by atoms with Crippen molar-refractivity contribution >= 4 is 5.97 Å². The summed E-state index contributed by atoms with van der Waals surface area (Å²) in [5.74, 6) is -0.627. The summed E-state index contributed by atoms with van der Waals surface area (Å²) in [7, 11) is 0. The van der Waals surface area contributed by atoms with Crippen LogP contribution in [0.25, 0.3) is 0 Å². The monoisotopic (exact) mass is 209 g/mol. The molecule has 4 heteroatoms. The van der Waals surface area contributed by atoms with Gasteiger partial charge in [0.2, 0.25) is 5.88 Å². The Morgan fingerprint density at radius 3 is 2.80 bits per heavy atom. The van der Waals surface area contributed by atoms with Gasteiger partial charge in [-0.25, -0.2) is 9.78 Å². The van der Waals surface area contributed by atoms with Crippen molar-refractivity contribution < 1.29 is 14.6 Å².